The van der Waals surface area contributed by atoms with Gasteiger partial charge in [-0.25, -0.2) is 14.4 Å². The molecule has 0 fully saturated rings. The molecular weight excluding hydrogens is 323 g/mol. The fourth-order valence-electron chi connectivity index (χ4n) is 0.440. The van der Waals surface area contributed by atoms with E-state index in [9.17, 15) is 14.4 Å². The average Bonchev–Trinajstić information content (AvgIpc) is 1.97. The van der Waals surface area contributed by atoms with Gasteiger partial charge in [0.1, 0.15) is 0 Å². The van der Waals surface area contributed by atoms with Crippen molar-refractivity contribution in [2.45, 2.75) is 0 Å². The van der Waals surface area contributed by atoms with E-state index >= 15 is 0 Å². The van der Waals surface area contributed by atoms with Crippen molar-refractivity contribution in [2.75, 3.05) is 0 Å². The molecule has 0 spiro atoms. The quantitative estimate of drug-likeness (QED) is 0.526. The number of aromatic amines is 1. The van der Waals surface area contributed by atoms with Crippen LogP contribution in [-0.2, 0) is 0 Å². The molecule has 1 rings (SSSR count). The van der Waals surface area contributed by atoms with Gasteiger partial charge in [-0.05, 0) is 0 Å². The third kappa shape index (κ3) is 6.28. The number of hydrogen-bond donors (Lipinski definition) is 1. The summed E-state index contributed by atoms with van der Waals surface area (Å²) in [4.78, 5) is 33.4. The van der Waals surface area contributed by atoms with E-state index in [1.54, 1.807) is 4.98 Å². The molecule has 1 aromatic rings. The molecule has 0 aliphatic heterocycles. The van der Waals surface area contributed by atoms with Gasteiger partial charge < -0.3 is 11.0 Å². The van der Waals surface area contributed by atoms with E-state index in [1.165, 1.54) is 0 Å². The molecule has 0 atom stereocenters. The van der Waals surface area contributed by atoms with E-state index in [1.807, 2.05) is 0 Å². The first-order valence-corrected chi connectivity index (χ1v) is 3.02. The first-order valence-electron chi connectivity index (χ1n) is 2.34. The van der Waals surface area contributed by atoms with Gasteiger partial charge in [-0.3, -0.25) is 4.98 Å². The number of hydrogen-bond acceptors (Lipinski definition) is 3. The van der Waals surface area contributed by atoms with Gasteiger partial charge in [0, 0.05) is 53.1 Å². The molecule has 0 aliphatic carbocycles. The summed E-state index contributed by atoms with van der Waals surface area (Å²) in [7, 11) is 0. The topological polar surface area (TPSA) is 140 Å². The van der Waals surface area contributed by atoms with Crippen molar-refractivity contribution in [1.29, 1.82) is 0 Å². The van der Waals surface area contributed by atoms with Gasteiger partial charge in [0.05, 0.1) is 0 Å². The molecule has 8 nitrogen and oxygen atoms in total. The summed E-state index contributed by atoms with van der Waals surface area (Å²) in [6.07, 6.45) is 0. The maximum Gasteiger partial charge on any atom is 0.366 e. The van der Waals surface area contributed by atoms with Crippen molar-refractivity contribution in [1.82, 2.24) is 13.2 Å². The molecule has 0 amide bonds. The molecule has 93 valence electrons. The fourth-order valence-corrected chi connectivity index (χ4v) is 0.715. The zero-order chi connectivity index (χ0) is 8.59. The van der Waals surface area contributed by atoms with Gasteiger partial charge in [-0.2, -0.15) is 0 Å². The summed E-state index contributed by atoms with van der Waals surface area (Å²) in [6, 6.07) is 0. The van der Waals surface area contributed by atoms with E-state index in [0.717, 1.165) is 0 Å². The van der Waals surface area contributed by atoms with Gasteiger partial charge in [-0.15, -0.1) is 33.0 Å². The second-order valence-corrected chi connectivity index (χ2v) is 2.26. The van der Waals surface area contributed by atoms with Crippen LogP contribution < -0.4 is 17.1 Å². The van der Waals surface area contributed by atoms with Gasteiger partial charge in [0.25, 0.3) is 0 Å². The van der Waals surface area contributed by atoms with Crippen LogP contribution in [0.2, 0.25) is 0 Å². The first-order chi connectivity index (χ1) is 5.04. The number of halogens is 4. The molecule has 0 unspecified atom stereocenters. The van der Waals surface area contributed by atoms with Gasteiger partial charge in [0.2, 0.25) is 0 Å². The molecular formula is C3H7Cl4N3NaO5. The van der Waals surface area contributed by atoms with Crippen LogP contribution in [0.15, 0.2) is 14.4 Å². The summed E-state index contributed by atoms with van der Waals surface area (Å²) in [6.45, 7) is 0. The van der Waals surface area contributed by atoms with Gasteiger partial charge in [0.15, 0.2) is 0 Å². The Morgan fingerprint density at radius 2 is 1.12 bits per heavy atom. The number of nitrogens with one attached hydrogen (secondary N) is 1. The first kappa shape index (κ1) is 30.0. The molecule has 0 aromatic carbocycles. The smallest absolute Gasteiger partial charge is 0.366 e. The number of aromatic nitrogens is 3. The Bertz CT molecular complexity index is 416. The maximum atomic E-state index is 10.7. The third-order valence-electron chi connectivity index (χ3n) is 0.906. The summed E-state index contributed by atoms with van der Waals surface area (Å²) < 4.78 is 0.322. The number of rotatable bonds is 0. The summed E-state index contributed by atoms with van der Waals surface area (Å²) in [5.74, 6) is 0. The van der Waals surface area contributed by atoms with E-state index in [-0.39, 0.29) is 73.5 Å². The molecule has 0 saturated heterocycles. The Morgan fingerprint density at radius 3 is 1.38 bits per heavy atom. The van der Waals surface area contributed by atoms with Crippen molar-refractivity contribution in [3.8, 4) is 0 Å². The minimum Gasteiger partial charge on any atom is -0.412 e. The standard InChI is InChI=1S/C3HCl2N3O3.2ClH.Na.2H2O/c4-7-1(9)6-2(10)8(5)3(7)11;;;;;/h(H,6,9,10);2*1H;;2*1H2. The Balaban J connectivity index is -0.0000000807. The SMILES string of the molecule is Cl.Cl.O.O.O=c1[nH]c(=O)n(Cl)c(=O)n1Cl.[Na]. The van der Waals surface area contributed by atoms with Crippen LogP contribution in [0.3, 0.4) is 0 Å². The molecule has 1 heterocycles. The van der Waals surface area contributed by atoms with Crippen molar-refractivity contribution < 1.29 is 11.0 Å². The third-order valence-corrected chi connectivity index (χ3v) is 1.50. The van der Waals surface area contributed by atoms with Crippen LogP contribution in [0.25, 0.3) is 0 Å². The van der Waals surface area contributed by atoms with Crippen molar-refractivity contribution >= 4 is 77.9 Å². The molecule has 0 bridgehead atoms. The molecule has 16 heavy (non-hydrogen) atoms. The van der Waals surface area contributed by atoms with Crippen molar-refractivity contribution in [3.05, 3.63) is 31.5 Å². The summed E-state index contributed by atoms with van der Waals surface area (Å²) >= 11 is 10.1. The zero-order valence-corrected chi connectivity index (χ0v) is 12.8. The minimum absolute atomic E-state index is 0. The molecule has 0 saturated carbocycles. The Kier molecular flexibility index (Phi) is 22.4. The minimum atomic E-state index is -1.10. The van der Waals surface area contributed by atoms with Crippen LogP contribution >= 0.6 is 48.4 Å². The largest absolute Gasteiger partial charge is 0.412 e. The van der Waals surface area contributed by atoms with Gasteiger partial charge in [-0.1, -0.05) is 0 Å². The Morgan fingerprint density at radius 1 is 0.875 bits per heavy atom. The van der Waals surface area contributed by atoms with Crippen LogP contribution in [0.4, 0.5) is 0 Å². The predicted octanol–water partition coefficient (Wildman–Crippen LogP) is -2.48. The van der Waals surface area contributed by atoms with E-state index < -0.39 is 17.1 Å². The molecule has 1 radical (unpaired) electrons. The predicted molar refractivity (Wildman–Crippen MR) is 65.6 cm³/mol. The Labute approximate surface area is 133 Å². The van der Waals surface area contributed by atoms with Crippen molar-refractivity contribution in [3.63, 3.8) is 0 Å². The van der Waals surface area contributed by atoms with E-state index in [2.05, 4.69) is 0 Å². The summed E-state index contributed by atoms with van der Waals surface area (Å²) in [5, 5.41) is 0. The molecule has 13 heteroatoms. The van der Waals surface area contributed by atoms with Crippen molar-refractivity contribution in [2.24, 2.45) is 0 Å². The fraction of sp³-hybridized carbons (Fsp3) is 0. The number of H-pyrrole nitrogens is 1. The monoisotopic (exact) mass is 328 g/mol. The van der Waals surface area contributed by atoms with Crippen LogP contribution in [-0.4, -0.2) is 53.7 Å². The zero-order valence-electron chi connectivity index (χ0n) is 7.69. The second kappa shape index (κ2) is 12.0. The molecule has 5 N–H and O–H groups in total. The van der Waals surface area contributed by atoms with Gasteiger partial charge >= 0.3 is 17.1 Å². The number of nitrogens with zero attached hydrogens (tertiary/aromatic N) is 2. The van der Waals surface area contributed by atoms with Crippen LogP contribution in [0, 0.1) is 0 Å². The Hall–Kier alpha value is 0.490. The average molecular weight is 330 g/mol. The van der Waals surface area contributed by atoms with E-state index in [4.69, 9.17) is 23.6 Å². The normalized spacial score (nSPS) is 6.88. The molecule has 1 aromatic heterocycles. The maximum absolute atomic E-state index is 10.7. The molecule has 0 aliphatic rings. The van der Waals surface area contributed by atoms with E-state index in [0.29, 0.717) is 0 Å². The van der Waals surface area contributed by atoms with Crippen LogP contribution in [0.1, 0.15) is 0 Å². The summed E-state index contributed by atoms with van der Waals surface area (Å²) in [5.41, 5.74) is -3.13. The van der Waals surface area contributed by atoms with Crippen LogP contribution in [0.5, 0.6) is 0 Å². The second-order valence-electron chi connectivity index (χ2n) is 1.58.